The van der Waals surface area contributed by atoms with Crippen LogP contribution in [0, 0.1) is 4.77 Å². The van der Waals surface area contributed by atoms with Crippen molar-refractivity contribution in [2.75, 3.05) is 14.2 Å². The number of benzene rings is 2. The lowest BCUT2D eigenvalue weighted by atomic mass is 10.2. The van der Waals surface area contributed by atoms with E-state index >= 15 is 0 Å². The first-order valence-corrected chi connectivity index (χ1v) is 8.78. The summed E-state index contributed by atoms with van der Waals surface area (Å²) in [5, 5.41) is 4.40. The highest BCUT2D eigenvalue weighted by atomic mass is 32.1. The normalized spacial score (nSPS) is 10.8. The van der Waals surface area contributed by atoms with E-state index in [0.29, 0.717) is 21.8 Å². The van der Waals surface area contributed by atoms with Crippen molar-refractivity contribution in [1.29, 1.82) is 0 Å². The molecule has 1 aromatic heterocycles. The Labute approximate surface area is 167 Å². The summed E-state index contributed by atoms with van der Waals surface area (Å²) in [6.45, 7) is 1.31. The number of carbonyl (C=O) groups is 1. The van der Waals surface area contributed by atoms with E-state index in [0.717, 1.165) is 11.3 Å². The summed E-state index contributed by atoms with van der Waals surface area (Å²) in [5.41, 5.74) is 2.56. The lowest BCUT2D eigenvalue weighted by Gasteiger charge is -2.13. The number of aromatic amines is 1. The van der Waals surface area contributed by atoms with Gasteiger partial charge in [0.2, 0.25) is 5.75 Å². The quantitative estimate of drug-likeness (QED) is 0.294. The van der Waals surface area contributed by atoms with Crippen LogP contribution >= 0.6 is 12.2 Å². The van der Waals surface area contributed by atoms with Gasteiger partial charge in [-0.3, -0.25) is 4.79 Å². The van der Waals surface area contributed by atoms with Crippen LogP contribution in [0.2, 0.25) is 0 Å². The number of H-pyrrole nitrogens is 1. The van der Waals surface area contributed by atoms with Gasteiger partial charge >= 0.3 is 5.97 Å². The highest BCUT2D eigenvalue weighted by Gasteiger charge is 2.15. The fourth-order valence-corrected chi connectivity index (χ4v) is 2.79. The highest BCUT2D eigenvalue weighted by molar-refractivity contribution is 7.71. The summed E-state index contributed by atoms with van der Waals surface area (Å²) in [6, 6.07) is 13.2. The second-order valence-electron chi connectivity index (χ2n) is 5.78. The molecule has 0 aliphatic rings. The summed E-state index contributed by atoms with van der Waals surface area (Å²) in [4.78, 5) is 14.5. The standard InChI is InChI=1S/C20H19N3O4S/c1-13(24)27-19-17(25-2)9-14(10-18(19)26-3)11-21-23-12-16(22-20(23)28)15-7-5-4-6-8-15/h4-12H,1-3H3,(H,22,28). The van der Waals surface area contributed by atoms with Crippen molar-refractivity contribution in [3.63, 3.8) is 0 Å². The summed E-state index contributed by atoms with van der Waals surface area (Å²) in [5.74, 6) is 0.474. The maximum absolute atomic E-state index is 11.3. The molecule has 3 aromatic rings. The highest BCUT2D eigenvalue weighted by Crippen LogP contribution is 2.38. The van der Waals surface area contributed by atoms with Crippen LogP contribution in [-0.2, 0) is 4.79 Å². The zero-order valence-electron chi connectivity index (χ0n) is 15.6. The van der Waals surface area contributed by atoms with Crippen molar-refractivity contribution in [3.05, 3.63) is 59.0 Å². The van der Waals surface area contributed by atoms with Gasteiger partial charge < -0.3 is 19.2 Å². The molecule has 0 amide bonds. The van der Waals surface area contributed by atoms with E-state index in [1.807, 2.05) is 36.5 Å². The number of carbonyl (C=O) groups excluding carboxylic acids is 1. The largest absolute Gasteiger partial charge is 0.493 e. The first kappa shape index (κ1) is 19.4. The molecular weight excluding hydrogens is 378 g/mol. The average molecular weight is 397 g/mol. The van der Waals surface area contributed by atoms with E-state index in [9.17, 15) is 4.79 Å². The number of hydrogen-bond acceptors (Lipinski definition) is 6. The lowest BCUT2D eigenvalue weighted by Crippen LogP contribution is -2.05. The van der Waals surface area contributed by atoms with Gasteiger partial charge in [-0.2, -0.15) is 5.10 Å². The van der Waals surface area contributed by atoms with Crippen LogP contribution in [0.15, 0.2) is 53.8 Å². The molecule has 3 rings (SSSR count). The van der Waals surface area contributed by atoms with Crippen molar-refractivity contribution in [2.24, 2.45) is 5.10 Å². The Morgan fingerprint density at radius 1 is 1.14 bits per heavy atom. The number of nitrogens with zero attached hydrogens (tertiary/aromatic N) is 2. The molecule has 28 heavy (non-hydrogen) atoms. The average Bonchev–Trinajstić information content (AvgIpc) is 3.07. The molecule has 0 saturated heterocycles. The van der Waals surface area contributed by atoms with Crippen LogP contribution in [0.3, 0.4) is 0 Å². The molecule has 144 valence electrons. The fraction of sp³-hybridized carbons (Fsp3) is 0.150. The number of methoxy groups -OCH3 is 2. The van der Waals surface area contributed by atoms with Crippen LogP contribution in [0.4, 0.5) is 0 Å². The van der Waals surface area contributed by atoms with Crippen molar-refractivity contribution in [2.45, 2.75) is 6.92 Å². The Morgan fingerprint density at radius 2 is 1.79 bits per heavy atom. The second kappa shape index (κ2) is 8.53. The predicted molar refractivity (Wildman–Crippen MR) is 109 cm³/mol. The molecule has 0 bridgehead atoms. The zero-order valence-corrected chi connectivity index (χ0v) is 16.4. The predicted octanol–water partition coefficient (Wildman–Crippen LogP) is 4.04. The maximum Gasteiger partial charge on any atom is 0.308 e. The Hall–Kier alpha value is -3.39. The molecule has 0 atom stereocenters. The monoisotopic (exact) mass is 397 g/mol. The van der Waals surface area contributed by atoms with Gasteiger partial charge in [0.05, 0.1) is 32.3 Å². The molecule has 0 saturated carbocycles. The topological polar surface area (TPSA) is 77.8 Å². The van der Waals surface area contributed by atoms with Crippen molar-refractivity contribution < 1.29 is 19.0 Å². The molecule has 1 heterocycles. The first-order valence-electron chi connectivity index (χ1n) is 8.37. The van der Waals surface area contributed by atoms with E-state index in [2.05, 4.69) is 10.1 Å². The zero-order chi connectivity index (χ0) is 20.1. The number of imidazole rings is 1. The third-order valence-electron chi connectivity index (χ3n) is 3.85. The Morgan fingerprint density at radius 3 is 2.36 bits per heavy atom. The van der Waals surface area contributed by atoms with Crippen LogP contribution in [-0.4, -0.2) is 36.1 Å². The van der Waals surface area contributed by atoms with Crippen molar-refractivity contribution in [1.82, 2.24) is 9.66 Å². The summed E-state index contributed by atoms with van der Waals surface area (Å²) < 4.78 is 17.8. The number of ether oxygens (including phenoxy) is 3. The van der Waals surface area contributed by atoms with E-state index in [-0.39, 0.29) is 5.75 Å². The smallest absolute Gasteiger partial charge is 0.308 e. The van der Waals surface area contributed by atoms with Crippen molar-refractivity contribution >= 4 is 24.4 Å². The number of rotatable bonds is 6. The molecule has 0 aliphatic carbocycles. The van der Waals surface area contributed by atoms with Gasteiger partial charge in [0.25, 0.3) is 0 Å². The molecule has 0 unspecified atom stereocenters. The number of nitrogens with one attached hydrogen (secondary N) is 1. The number of aromatic nitrogens is 2. The van der Waals surface area contributed by atoms with Gasteiger partial charge in [0.1, 0.15) is 0 Å². The van der Waals surface area contributed by atoms with E-state index in [1.165, 1.54) is 21.1 Å². The van der Waals surface area contributed by atoms with E-state index in [4.69, 9.17) is 26.4 Å². The molecule has 0 radical (unpaired) electrons. The molecular formula is C20H19N3O4S. The lowest BCUT2D eigenvalue weighted by molar-refractivity contribution is -0.132. The van der Waals surface area contributed by atoms with Gasteiger partial charge in [-0.15, -0.1) is 0 Å². The molecule has 1 N–H and O–H groups in total. The van der Waals surface area contributed by atoms with Gasteiger partial charge in [-0.1, -0.05) is 30.3 Å². The van der Waals surface area contributed by atoms with Gasteiger partial charge in [-0.05, 0) is 29.9 Å². The Kier molecular flexibility index (Phi) is 5.90. The molecule has 7 nitrogen and oxygen atoms in total. The summed E-state index contributed by atoms with van der Waals surface area (Å²) in [7, 11) is 2.97. The third-order valence-corrected chi connectivity index (χ3v) is 4.13. The molecule has 0 fully saturated rings. The second-order valence-corrected chi connectivity index (χ2v) is 6.16. The third kappa shape index (κ3) is 4.29. The van der Waals surface area contributed by atoms with Gasteiger partial charge in [0.15, 0.2) is 16.3 Å². The number of hydrogen-bond donors (Lipinski definition) is 1. The molecule has 0 aliphatic heterocycles. The number of esters is 1. The first-order chi connectivity index (χ1) is 13.5. The minimum absolute atomic E-state index is 0.222. The van der Waals surface area contributed by atoms with Crippen LogP contribution in [0.5, 0.6) is 17.2 Å². The minimum atomic E-state index is -0.468. The van der Waals surface area contributed by atoms with Gasteiger partial charge in [-0.25, -0.2) is 4.68 Å². The Bertz CT molecular complexity index is 1050. The van der Waals surface area contributed by atoms with E-state index in [1.54, 1.807) is 23.0 Å². The Balaban J connectivity index is 1.93. The van der Waals surface area contributed by atoms with Gasteiger partial charge in [0, 0.05) is 12.5 Å². The maximum atomic E-state index is 11.3. The minimum Gasteiger partial charge on any atom is -0.493 e. The molecule has 2 aromatic carbocycles. The fourth-order valence-electron chi connectivity index (χ4n) is 2.58. The summed E-state index contributed by atoms with van der Waals surface area (Å²) in [6.07, 6.45) is 3.43. The van der Waals surface area contributed by atoms with Crippen LogP contribution in [0.25, 0.3) is 11.3 Å². The molecule has 8 heteroatoms. The van der Waals surface area contributed by atoms with E-state index < -0.39 is 5.97 Å². The summed E-state index contributed by atoms with van der Waals surface area (Å²) >= 11 is 5.34. The SMILES string of the molecule is COc1cc(C=Nn2cc(-c3ccccc3)[nH]c2=S)cc(OC)c1OC(C)=O. The van der Waals surface area contributed by atoms with Crippen LogP contribution in [0.1, 0.15) is 12.5 Å². The van der Waals surface area contributed by atoms with Crippen LogP contribution < -0.4 is 14.2 Å². The molecule has 0 spiro atoms. The van der Waals surface area contributed by atoms with Crippen molar-refractivity contribution in [3.8, 4) is 28.5 Å².